The standard InChI is InChI=1S/C32H52N2O.ClH/c1-4-7-8-9-10-11-12-13-14-15-16-17-18-19-20-21-23-29-24-22-25-30(31(29)35)32(5-2,6-3)34-27-26-33-28-34;/h5,13-14,22,24-25,28,35H,2,4,6-12,15-21,23,26-27H2,1,3H3;1H/b14-13-;. The minimum Gasteiger partial charge on any atom is -1.00 e. The number of nitrogens with zero attached hydrogens (tertiary/aromatic N) is 1. The van der Waals surface area contributed by atoms with Gasteiger partial charge in [0.1, 0.15) is 18.8 Å². The van der Waals surface area contributed by atoms with Gasteiger partial charge >= 0.3 is 0 Å². The molecule has 0 saturated carbocycles. The molecule has 3 nitrogen and oxygen atoms in total. The monoisotopic (exact) mass is 516 g/mol. The van der Waals surface area contributed by atoms with Crippen LogP contribution in [0.25, 0.3) is 0 Å². The van der Waals surface area contributed by atoms with Crippen molar-refractivity contribution in [2.45, 2.75) is 122 Å². The number of rotatable bonds is 20. The Hall–Kier alpha value is -1.74. The molecule has 0 bridgehead atoms. The molecule has 36 heavy (non-hydrogen) atoms. The van der Waals surface area contributed by atoms with Crippen LogP contribution in [-0.2, 0) is 12.0 Å². The van der Waals surface area contributed by atoms with Crippen LogP contribution in [0.1, 0.15) is 121 Å². The SMILES string of the molecule is C=CC(CC)(c1cccc(CCCCCCCC/C=C\CCCCCCCC)c1O)[N+]1=CNCC1.[Cl-]. The van der Waals surface area contributed by atoms with Gasteiger partial charge in [-0.2, -0.15) is 0 Å². The first-order chi connectivity index (χ1) is 17.2. The van der Waals surface area contributed by atoms with Crippen molar-refractivity contribution in [1.82, 2.24) is 5.32 Å². The Bertz CT molecular complexity index is 788. The van der Waals surface area contributed by atoms with Gasteiger partial charge in [0.2, 0.25) is 6.34 Å². The van der Waals surface area contributed by atoms with Crippen LogP contribution in [0.5, 0.6) is 5.75 Å². The number of allylic oxidation sites excluding steroid dienone is 2. The first-order valence-corrected chi connectivity index (χ1v) is 14.6. The maximum Gasteiger partial charge on any atom is 0.233 e. The van der Waals surface area contributed by atoms with Crippen LogP contribution in [0.2, 0.25) is 0 Å². The van der Waals surface area contributed by atoms with Crippen molar-refractivity contribution in [3.8, 4) is 5.75 Å². The zero-order valence-electron chi connectivity index (χ0n) is 23.2. The number of nitrogens with one attached hydrogen (secondary N) is 1. The fraction of sp³-hybridized carbons (Fsp3) is 0.656. The molecule has 0 saturated heterocycles. The number of halogens is 1. The van der Waals surface area contributed by atoms with Crippen LogP contribution in [-0.4, -0.2) is 29.1 Å². The molecule has 2 rings (SSSR count). The molecule has 2 N–H and O–H groups in total. The molecule has 0 amide bonds. The van der Waals surface area contributed by atoms with Gasteiger partial charge in [0.05, 0.1) is 0 Å². The van der Waals surface area contributed by atoms with E-state index in [2.05, 4.69) is 60.7 Å². The smallest absolute Gasteiger partial charge is 0.233 e. The molecule has 1 aromatic rings. The Morgan fingerprint density at radius 2 is 1.53 bits per heavy atom. The van der Waals surface area contributed by atoms with Gasteiger partial charge in [-0.25, -0.2) is 0 Å². The number of phenolic OH excluding ortho intramolecular Hbond substituents is 1. The summed E-state index contributed by atoms with van der Waals surface area (Å²) in [6.07, 6.45) is 29.1. The summed E-state index contributed by atoms with van der Waals surface area (Å²) in [4.78, 5) is 0. The zero-order valence-corrected chi connectivity index (χ0v) is 24.0. The third kappa shape index (κ3) is 10.3. The summed E-state index contributed by atoms with van der Waals surface area (Å²) >= 11 is 0. The number of benzene rings is 1. The maximum absolute atomic E-state index is 11.2. The van der Waals surface area contributed by atoms with Gasteiger partial charge in [-0.15, -0.1) is 0 Å². The molecule has 1 aromatic carbocycles. The van der Waals surface area contributed by atoms with Crippen LogP contribution in [0.3, 0.4) is 0 Å². The van der Waals surface area contributed by atoms with E-state index in [9.17, 15) is 5.11 Å². The van der Waals surface area contributed by atoms with E-state index < -0.39 is 0 Å². The van der Waals surface area contributed by atoms with Crippen LogP contribution in [0.4, 0.5) is 0 Å². The van der Waals surface area contributed by atoms with Gasteiger partial charge in [-0.1, -0.05) is 109 Å². The molecular weight excluding hydrogens is 464 g/mol. The van der Waals surface area contributed by atoms with E-state index in [4.69, 9.17) is 0 Å². The van der Waals surface area contributed by atoms with Gasteiger partial charge in [-0.05, 0) is 56.6 Å². The van der Waals surface area contributed by atoms with Gasteiger partial charge in [0, 0.05) is 5.56 Å². The van der Waals surface area contributed by atoms with Crippen LogP contribution in [0.15, 0.2) is 43.0 Å². The quantitative estimate of drug-likeness (QED) is 0.138. The predicted molar refractivity (Wildman–Crippen MR) is 153 cm³/mol. The Kier molecular flexibility index (Phi) is 17.4. The Morgan fingerprint density at radius 3 is 2.08 bits per heavy atom. The summed E-state index contributed by atoms with van der Waals surface area (Å²) in [5.74, 6) is 0.460. The molecule has 1 unspecified atom stereocenters. The summed E-state index contributed by atoms with van der Waals surface area (Å²) in [5, 5.41) is 14.5. The van der Waals surface area contributed by atoms with E-state index in [1.807, 2.05) is 12.4 Å². The summed E-state index contributed by atoms with van der Waals surface area (Å²) < 4.78 is 2.28. The van der Waals surface area contributed by atoms with Crippen molar-refractivity contribution in [3.05, 3.63) is 54.1 Å². The number of para-hydroxylation sites is 1. The minimum absolute atomic E-state index is 0. The molecule has 204 valence electrons. The van der Waals surface area contributed by atoms with E-state index in [1.54, 1.807) is 0 Å². The van der Waals surface area contributed by atoms with Gasteiger partial charge in [-0.3, -0.25) is 9.89 Å². The molecule has 1 aliphatic heterocycles. The fourth-order valence-electron chi connectivity index (χ4n) is 5.36. The lowest BCUT2D eigenvalue weighted by molar-refractivity contribution is -0.593. The number of aryl methyl sites for hydroxylation is 1. The normalized spacial score (nSPS) is 14.8. The lowest BCUT2D eigenvalue weighted by Crippen LogP contribution is -3.00. The molecule has 1 heterocycles. The van der Waals surface area contributed by atoms with Crippen LogP contribution >= 0.6 is 0 Å². The summed E-state index contributed by atoms with van der Waals surface area (Å²) in [6, 6.07) is 6.26. The van der Waals surface area contributed by atoms with Crippen molar-refractivity contribution in [1.29, 1.82) is 0 Å². The number of hydrogen-bond donors (Lipinski definition) is 2. The van der Waals surface area contributed by atoms with Gasteiger partial charge in [0.25, 0.3) is 0 Å². The van der Waals surface area contributed by atoms with Crippen molar-refractivity contribution < 1.29 is 22.1 Å². The molecule has 0 fully saturated rings. The average Bonchev–Trinajstić information content (AvgIpc) is 3.42. The highest BCUT2D eigenvalue weighted by Gasteiger charge is 2.38. The molecule has 1 aliphatic rings. The van der Waals surface area contributed by atoms with E-state index in [0.717, 1.165) is 43.5 Å². The van der Waals surface area contributed by atoms with Crippen molar-refractivity contribution in [2.75, 3.05) is 13.1 Å². The third-order valence-corrected chi connectivity index (χ3v) is 7.68. The summed E-state index contributed by atoms with van der Waals surface area (Å²) in [6.45, 7) is 10.5. The first kappa shape index (κ1) is 32.3. The van der Waals surface area contributed by atoms with Crippen LogP contribution < -0.4 is 17.7 Å². The lowest BCUT2D eigenvalue weighted by atomic mass is 9.84. The second-order valence-electron chi connectivity index (χ2n) is 10.3. The number of aromatic hydroxyl groups is 1. The maximum atomic E-state index is 11.2. The van der Waals surface area contributed by atoms with Crippen molar-refractivity contribution in [2.24, 2.45) is 0 Å². The number of hydrogen-bond acceptors (Lipinski definition) is 2. The minimum atomic E-state index is -0.354. The summed E-state index contributed by atoms with van der Waals surface area (Å²) in [5.41, 5.74) is 1.70. The molecular formula is C32H53ClN2O. The molecule has 0 spiro atoms. The van der Waals surface area contributed by atoms with E-state index in [-0.39, 0.29) is 17.9 Å². The lowest BCUT2D eigenvalue weighted by Gasteiger charge is -2.30. The van der Waals surface area contributed by atoms with E-state index in [0.29, 0.717) is 5.75 Å². The molecule has 0 aromatic heterocycles. The van der Waals surface area contributed by atoms with Crippen LogP contribution in [0, 0.1) is 0 Å². The van der Waals surface area contributed by atoms with Crippen molar-refractivity contribution >= 4 is 6.34 Å². The Morgan fingerprint density at radius 1 is 0.917 bits per heavy atom. The van der Waals surface area contributed by atoms with Gasteiger partial charge < -0.3 is 17.5 Å². The average molecular weight is 517 g/mol. The van der Waals surface area contributed by atoms with E-state index >= 15 is 0 Å². The zero-order chi connectivity index (χ0) is 25.2. The fourth-order valence-corrected chi connectivity index (χ4v) is 5.36. The van der Waals surface area contributed by atoms with Crippen molar-refractivity contribution in [3.63, 3.8) is 0 Å². The largest absolute Gasteiger partial charge is 1.00 e. The molecule has 0 radical (unpaired) electrons. The Balaban J connectivity index is 0.00000648. The number of phenols is 1. The van der Waals surface area contributed by atoms with Gasteiger partial charge in [0.15, 0.2) is 5.54 Å². The van der Waals surface area contributed by atoms with E-state index in [1.165, 1.54) is 83.5 Å². The highest BCUT2D eigenvalue weighted by molar-refractivity contribution is 5.52. The molecule has 1 atom stereocenters. The molecule has 4 heteroatoms. The second kappa shape index (κ2) is 19.4. The number of unbranched alkanes of at least 4 members (excludes halogenated alkanes) is 12. The molecule has 0 aliphatic carbocycles. The highest BCUT2D eigenvalue weighted by atomic mass is 35.5. The first-order valence-electron chi connectivity index (χ1n) is 14.6. The summed E-state index contributed by atoms with van der Waals surface area (Å²) in [7, 11) is 0. The Labute approximate surface area is 228 Å². The third-order valence-electron chi connectivity index (χ3n) is 7.68. The predicted octanol–water partition coefficient (Wildman–Crippen LogP) is 5.41. The topological polar surface area (TPSA) is 35.3 Å². The highest BCUT2D eigenvalue weighted by Crippen LogP contribution is 2.38. The second-order valence-corrected chi connectivity index (χ2v) is 10.3.